The van der Waals surface area contributed by atoms with E-state index in [4.69, 9.17) is 9.15 Å². The van der Waals surface area contributed by atoms with E-state index < -0.39 is 29.8 Å². The summed E-state index contributed by atoms with van der Waals surface area (Å²) < 4.78 is 50.2. The number of rotatable bonds is 4. The van der Waals surface area contributed by atoms with Gasteiger partial charge in [0.1, 0.15) is 5.58 Å². The lowest BCUT2D eigenvalue weighted by Crippen LogP contribution is -2.16. The zero-order chi connectivity index (χ0) is 23.2. The standard InChI is InChI=1S/C24H15F3N2O4/c25-24(26,27)13-6-5-7-14(12-13)28-21(30)20-19(17-10-3-4-11-18(17)32-20)29-22-15-8-1-2-9-16(15)23(31)33-22/h1-12,22,29H,(H,28,30). The van der Waals surface area contributed by atoms with E-state index >= 15 is 0 Å². The molecule has 3 aromatic carbocycles. The molecular formula is C24H15F3N2O4. The Labute approximate surface area is 185 Å². The Kier molecular flexibility index (Phi) is 4.81. The van der Waals surface area contributed by atoms with Gasteiger partial charge in [-0.05, 0) is 36.4 Å². The van der Waals surface area contributed by atoms with Crippen LogP contribution in [0.1, 0.15) is 38.3 Å². The number of ether oxygens (including phenoxy) is 1. The van der Waals surface area contributed by atoms with Crippen LogP contribution in [-0.4, -0.2) is 11.9 Å². The molecule has 1 amide bonds. The fourth-order valence-corrected chi connectivity index (χ4v) is 3.69. The summed E-state index contributed by atoms with van der Waals surface area (Å²) in [4.78, 5) is 25.2. The fourth-order valence-electron chi connectivity index (χ4n) is 3.69. The topological polar surface area (TPSA) is 80.6 Å². The summed E-state index contributed by atoms with van der Waals surface area (Å²) in [7, 11) is 0. The second-order valence-electron chi connectivity index (χ2n) is 7.35. The van der Waals surface area contributed by atoms with Crippen LogP contribution in [0.4, 0.5) is 24.5 Å². The number of para-hydroxylation sites is 1. The van der Waals surface area contributed by atoms with Crippen molar-refractivity contribution in [3.05, 3.63) is 95.2 Å². The summed E-state index contributed by atoms with van der Waals surface area (Å²) in [5, 5.41) is 6.04. The second kappa shape index (κ2) is 7.70. The van der Waals surface area contributed by atoms with Gasteiger partial charge in [-0.2, -0.15) is 13.2 Å². The van der Waals surface area contributed by atoms with Crippen LogP contribution in [0.3, 0.4) is 0 Å². The first-order valence-electron chi connectivity index (χ1n) is 9.88. The molecule has 0 fully saturated rings. The molecule has 9 heteroatoms. The molecule has 33 heavy (non-hydrogen) atoms. The SMILES string of the molecule is O=C1OC(Nc2c(C(=O)Nc3cccc(C(F)(F)F)c3)oc3ccccc23)c2ccccc21. The van der Waals surface area contributed by atoms with Crippen molar-refractivity contribution >= 4 is 34.2 Å². The van der Waals surface area contributed by atoms with Crippen LogP contribution in [0.25, 0.3) is 11.0 Å². The van der Waals surface area contributed by atoms with Crippen molar-refractivity contribution in [2.24, 2.45) is 0 Å². The fraction of sp³-hybridized carbons (Fsp3) is 0.0833. The van der Waals surface area contributed by atoms with E-state index in [0.717, 1.165) is 12.1 Å². The van der Waals surface area contributed by atoms with Crippen molar-refractivity contribution in [1.82, 2.24) is 0 Å². The first kappa shape index (κ1) is 20.6. The van der Waals surface area contributed by atoms with Crippen LogP contribution in [0.2, 0.25) is 0 Å². The minimum Gasteiger partial charge on any atom is -0.449 e. The molecule has 1 aliphatic rings. The highest BCUT2D eigenvalue weighted by Gasteiger charge is 2.33. The molecule has 6 nitrogen and oxygen atoms in total. The molecule has 1 unspecified atom stereocenters. The van der Waals surface area contributed by atoms with E-state index in [9.17, 15) is 22.8 Å². The highest BCUT2D eigenvalue weighted by molar-refractivity contribution is 6.11. The quantitative estimate of drug-likeness (QED) is 0.372. The molecule has 166 valence electrons. The van der Waals surface area contributed by atoms with Crippen molar-refractivity contribution in [3.63, 3.8) is 0 Å². The summed E-state index contributed by atoms with van der Waals surface area (Å²) in [5.41, 5.74) is 0.697. The highest BCUT2D eigenvalue weighted by Crippen LogP contribution is 2.38. The number of anilines is 2. The molecule has 5 rings (SSSR count). The normalized spacial score (nSPS) is 15.2. The molecule has 4 aromatic rings. The monoisotopic (exact) mass is 452 g/mol. The molecule has 2 N–H and O–H groups in total. The van der Waals surface area contributed by atoms with Crippen LogP contribution in [-0.2, 0) is 10.9 Å². The van der Waals surface area contributed by atoms with E-state index in [1.54, 1.807) is 48.5 Å². The van der Waals surface area contributed by atoms with Crippen LogP contribution < -0.4 is 10.6 Å². The number of carbonyl (C=O) groups is 2. The first-order valence-corrected chi connectivity index (χ1v) is 9.88. The van der Waals surface area contributed by atoms with Gasteiger partial charge in [0.05, 0.1) is 16.8 Å². The van der Waals surface area contributed by atoms with Gasteiger partial charge in [-0.1, -0.05) is 36.4 Å². The molecule has 0 aliphatic carbocycles. The van der Waals surface area contributed by atoms with E-state index in [2.05, 4.69) is 10.6 Å². The molecule has 0 spiro atoms. The van der Waals surface area contributed by atoms with Gasteiger partial charge in [-0.3, -0.25) is 4.79 Å². The Bertz CT molecular complexity index is 1390. The summed E-state index contributed by atoms with van der Waals surface area (Å²) in [6.07, 6.45) is -5.41. The van der Waals surface area contributed by atoms with Crippen LogP contribution in [0.15, 0.2) is 77.2 Å². The largest absolute Gasteiger partial charge is 0.449 e. The lowest BCUT2D eigenvalue weighted by Gasteiger charge is -2.15. The maximum absolute atomic E-state index is 13.0. The molecule has 0 bridgehead atoms. The van der Waals surface area contributed by atoms with E-state index in [1.165, 1.54) is 12.1 Å². The third kappa shape index (κ3) is 3.78. The molecule has 2 heterocycles. The van der Waals surface area contributed by atoms with Crippen LogP contribution >= 0.6 is 0 Å². The molecule has 0 radical (unpaired) electrons. The highest BCUT2D eigenvalue weighted by atomic mass is 19.4. The number of carbonyl (C=O) groups excluding carboxylic acids is 2. The molecule has 1 aromatic heterocycles. The Hall–Kier alpha value is -4.27. The number of alkyl halides is 3. The van der Waals surface area contributed by atoms with Crippen LogP contribution in [0, 0.1) is 0 Å². The number of esters is 1. The van der Waals surface area contributed by atoms with Crippen LogP contribution in [0.5, 0.6) is 0 Å². The number of nitrogens with one attached hydrogen (secondary N) is 2. The average Bonchev–Trinajstić information content (AvgIpc) is 3.32. The summed E-state index contributed by atoms with van der Waals surface area (Å²) in [6.45, 7) is 0. The lowest BCUT2D eigenvalue weighted by atomic mass is 10.1. The molecule has 1 atom stereocenters. The van der Waals surface area contributed by atoms with Crippen molar-refractivity contribution < 1.29 is 31.9 Å². The van der Waals surface area contributed by atoms with Crippen molar-refractivity contribution in [2.75, 3.05) is 10.6 Å². The third-order valence-corrected chi connectivity index (χ3v) is 5.21. The number of hydrogen-bond donors (Lipinski definition) is 2. The van der Waals surface area contributed by atoms with E-state index in [-0.39, 0.29) is 17.1 Å². The minimum absolute atomic E-state index is 0.0427. The zero-order valence-corrected chi connectivity index (χ0v) is 16.8. The van der Waals surface area contributed by atoms with E-state index in [0.29, 0.717) is 22.1 Å². The van der Waals surface area contributed by atoms with E-state index in [1.807, 2.05) is 0 Å². The van der Waals surface area contributed by atoms with Crippen molar-refractivity contribution in [1.29, 1.82) is 0 Å². The summed E-state index contributed by atoms with van der Waals surface area (Å²) in [6, 6.07) is 17.9. The zero-order valence-electron chi connectivity index (χ0n) is 16.8. The smallest absolute Gasteiger partial charge is 0.416 e. The number of furan rings is 1. The number of halogens is 3. The first-order chi connectivity index (χ1) is 15.8. The number of hydrogen-bond acceptors (Lipinski definition) is 5. The van der Waals surface area contributed by atoms with Crippen molar-refractivity contribution in [2.45, 2.75) is 12.4 Å². The Morgan fingerprint density at radius 3 is 2.52 bits per heavy atom. The van der Waals surface area contributed by atoms with Gasteiger partial charge in [-0.25, -0.2) is 4.79 Å². The number of fused-ring (bicyclic) bond motifs is 2. The molecule has 0 saturated carbocycles. The Balaban J connectivity index is 1.50. The Morgan fingerprint density at radius 2 is 1.70 bits per heavy atom. The predicted molar refractivity (Wildman–Crippen MR) is 114 cm³/mol. The van der Waals surface area contributed by atoms with Gasteiger partial charge >= 0.3 is 12.1 Å². The molecular weight excluding hydrogens is 437 g/mol. The molecule has 1 aliphatic heterocycles. The summed E-state index contributed by atoms with van der Waals surface area (Å²) >= 11 is 0. The van der Waals surface area contributed by atoms with Gasteiger partial charge in [0, 0.05) is 16.6 Å². The number of cyclic esters (lactones) is 1. The van der Waals surface area contributed by atoms with Gasteiger partial charge in [0.25, 0.3) is 5.91 Å². The van der Waals surface area contributed by atoms with Gasteiger partial charge in [-0.15, -0.1) is 0 Å². The van der Waals surface area contributed by atoms with Crippen molar-refractivity contribution in [3.8, 4) is 0 Å². The number of benzene rings is 3. The number of amides is 1. The average molecular weight is 452 g/mol. The molecule has 0 saturated heterocycles. The lowest BCUT2D eigenvalue weighted by molar-refractivity contribution is -0.137. The Morgan fingerprint density at radius 1 is 0.939 bits per heavy atom. The third-order valence-electron chi connectivity index (χ3n) is 5.21. The second-order valence-corrected chi connectivity index (χ2v) is 7.35. The maximum Gasteiger partial charge on any atom is 0.416 e. The van der Waals surface area contributed by atoms with Gasteiger partial charge in [0.15, 0.2) is 0 Å². The summed E-state index contributed by atoms with van der Waals surface area (Å²) in [5.74, 6) is -1.43. The maximum atomic E-state index is 13.0. The van der Waals surface area contributed by atoms with Gasteiger partial charge < -0.3 is 19.8 Å². The predicted octanol–water partition coefficient (Wildman–Crippen LogP) is 5.99. The minimum atomic E-state index is -4.55. The van der Waals surface area contributed by atoms with Gasteiger partial charge in [0.2, 0.25) is 12.0 Å².